The molecular formula is C20H19NO2. The number of rotatable bonds is 5. The lowest BCUT2D eigenvalue weighted by Gasteiger charge is -2.13. The topological polar surface area (TPSA) is 42.4 Å². The zero-order chi connectivity index (χ0) is 16.1. The molecule has 2 aromatic carbocycles. The Morgan fingerprint density at radius 1 is 0.957 bits per heavy atom. The van der Waals surface area contributed by atoms with Crippen LogP contribution in [0.25, 0.3) is 11.1 Å². The largest absolute Gasteiger partial charge is 0.488 e. The summed E-state index contributed by atoms with van der Waals surface area (Å²) in [4.78, 5) is 4.35. The highest BCUT2D eigenvalue weighted by molar-refractivity contribution is 5.70. The van der Waals surface area contributed by atoms with Crippen molar-refractivity contribution < 1.29 is 9.84 Å². The minimum Gasteiger partial charge on any atom is -0.488 e. The third-order valence-corrected chi connectivity index (χ3v) is 3.69. The van der Waals surface area contributed by atoms with E-state index in [4.69, 9.17) is 4.74 Å². The van der Waals surface area contributed by atoms with Crippen molar-refractivity contribution in [1.29, 1.82) is 0 Å². The molecule has 0 fully saturated rings. The molecule has 116 valence electrons. The fourth-order valence-electron chi connectivity index (χ4n) is 2.39. The number of hydrogen-bond acceptors (Lipinski definition) is 3. The molecule has 0 atom stereocenters. The predicted molar refractivity (Wildman–Crippen MR) is 91.1 cm³/mol. The summed E-state index contributed by atoms with van der Waals surface area (Å²) in [6.45, 7) is 2.45. The van der Waals surface area contributed by atoms with Gasteiger partial charge < -0.3 is 9.84 Å². The van der Waals surface area contributed by atoms with Crippen LogP contribution in [0.2, 0.25) is 0 Å². The maximum absolute atomic E-state index is 9.38. The second kappa shape index (κ2) is 7.07. The summed E-state index contributed by atoms with van der Waals surface area (Å²) in [5.74, 6) is 0.756. The molecule has 0 aliphatic rings. The van der Waals surface area contributed by atoms with Gasteiger partial charge in [0.05, 0.1) is 6.61 Å². The molecular weight excluding hydrogens is 286 g/mol. The monoisotopic (exact) mass is 305 g/mol. The van der Waals surface area contributed by atoms with Crippen LogP contribution >= 0.6 is 0 Å². The van der Waals surface area contributed by atoms with Crippen molar-refractivity contribution in [3.05, 3.63) is 83.7 Å². The van der Waals surface area contributed by atoms with E-state index in [2.05, 4.69) is 4.98 Å². The van der Waals surface area contributed by atoms with Crippen molar-refractivity contribution in [2.45, 2.75) is 20.1 Å². The number of aliphatic hydroxyl groups is 1. The number of ether oxygens (including phenoxy) is 1. The maximum atomic E-state index is 9.38. The molecule has 0 saturated carbocycles. The highest BCUT2D eigenvalue weighted by Crippen LogP contribution is 2.31. The maximum Gasteiger partial charge on any atom is 0.128 e. The molecule has 0 unspecified atom stereocenters. The first kappa shape index (κ1) is 15.3. The van der Waals surface area contributed by atoms with Crippen molar-refractivity contribution in [1.82, 2.24) is 4.98 Å². The van der Waals surface area contributed by atoms with Crippen molar-refractivity contribution in [3.63, 3.8) is 0 Å². The van der Waals surface area contributed by atoms with Crippen LogP contribution in [-0.4, -0.2) is 10.1 Å². The fraction of sp³-hybridized carbons (Fsp3) is 0.150. The van der Waals surface area contributed by atoms with Gasteiger partial charge in [-0.2, -0.15) is 0 Å². The van der Waals surface area contributed by atoms with Crippen LogP contribution in [0.15, 0.2) is 66.9 Å². The lowest BCUT2D eigenvalue weighted by Crippen LogP contribution is -1.98. The van der Waals surface area contributed by atoms with E-state index in [-0.39, 0.29) is 6.61 Å². The normalized spacial score (nSPS) is 10.5. The summed E-state index contributed by atoms with van der Waals surface area (Å²) in [5, 5.41) is 9.38. The molecule has 0 radical (unpaired) electrons. The molecule has 3 aromatic rings. The van der Waals surface area contributed by atoms with E-state index in [9.17, 15) is 5.11 Å². The van der Waals surface area contributed by atoms with E-state index in [1.807, 2.05) is 73.8 Å². The van der Waals surface area contributed by atoms with Gasteiger partial charge in [0.25, 0.3) is 0 Å². The molecule has 0 aliphatic heterocycles. The van der Waals surface area contributed by atoms with Gasteiger partial charge in [0, 0.05) is 23.0 Å². The van der Waals surface area contributed by atoms with Crippen LogP contribution < -0.4 is 4.74 Å². The van der Waals surface area contributed by atoms with Gasteiger partial charge >= 0.3 is 0 Å². The van der Waals surface area contributed by atoms with E-state index >= 15 is 0 Å². The summed E-state index contributed by atoms with van der Waals surface area (Å²) in [5.41, 5.74) is 4.90. The standard InChI is InChI=1S/C20H19NO2/c1-15-7-9-18(12-21-15)19-10-8-17(13-22)11-20(19)23-14-16-5-3-2-4-6-16/h2-12,22H,13-14H2,1H3. The number of nitrogens with zero attached hydrogens (tertiary/aromatic N) is 1. The van der Waals surface area contributed by atoms with Crippen LogP contribution in [-0.2, 0) is 13.2 Å². The van der Waals surface area contributed by atoms with E-state index in [0.717, 1.165) is 33.7 Å². The number of hydrogen-bond donors (Lipinski definition) is 1. The zero-order valence-electron chi connectivity index (χ0n) is 13.1. The average Bonchev–Trinajstić information content (AvgIpc) is 2.61. The van der Waals surface area contributed by atoms with E-state index < -0.39 is 0 Å². The van der Waals surface area contributed by atoms with Gasteiger partial charge in [0.1, 0.15) is 12.4 Å². The van der Waals surface area contributed by atoms with Crippen LogP contribution in [0.3, 0.4) is 0 Å². The number of aryl methyl sites for hydroxylation is 1. The van der Waals surface area contributed by atoms with E-state index in [1.54, 1.807) is 0 Å². The first-order valence-electron chi connectivity index (χ1n) is 7.60. The number of aromatic nitrogens is 1. The second-order valence-corrected chi connectivity index (χ2v) is 5.45. The van der Waals surface area contributed by atoms with Crippen LogP contribution in [0.5, 0.6) is 5.75 Å². The van der Waals surface area contributed by atoms with Crippen molar-refractivity contribution in [3.8, 4) is 16.9 Å². The lowest BCUT2D eigenvalue weighted by molar-refractivity contribution is 0.278. The number of aliphatic hydroxyl groups excluding tert-OH is 1. The molecule has 0 aliphatic carbocycles. The molecule has 0 bridgehead atoms. The zero-order valence-corrected chi connectivity index (χ0v) is 13.1. The van der Waals surface area contributed by atoms with Gasteiger partial charge in [-0.15, -0.1) is 0 Å². The Morgan fingerprint density at radius 2 is 1.78 bits per heavy atom. The molecule has 3 rings (SSSR count). The van der Waals surface area contributed by atoms with Crippen molar-refractivity contribution >= 4 is 0 Å². The Morgan fingerprint density at radius 3 is 2.48 bits per heavy atom. The van der Waals surface area contributed by atoms with Crippen LogP contribution in [0.4, 0.5) is 0 Å². The number of pyridine rings is 1. The molecule has 23 heavy (non-hydrogen) atoms. The summed E-state index contributed by atoms with van der Waals surface area (Å²) in [6, 6.07) is 19.8. The average molecular weight is 305 g/mol. The van der Waals surface area contributed by atoms with Crippen LogP contribution in [0.1, 0.15) is 16.8 Å². The van der Waals surface area contributed by atoms with Gasteiger partial charge in [-0.05, 0) is 30.2 Å². The van der Waals surface area contributed by atoms with E-state index in [1.165, 1.54) is 0 Å². The first-order chi connectivity index (χ1) is 11.3. The Balaban J connectivity index is 1.91. The fourth-order valence-corrected chi connectivity index (χ4v) is 2.39. The van der Waals surface area contributed by atoms with Gasteiger partial charge in [0.15, 0.2) is 0 Å². The molecule has 1 N–H and O–H groups in total. The summed E-state index contributed by atoms with van der Waals surface area (Å²) in [7, 11) is 0. The smallest absolute Gasteiger partial charge is 0.128 e. The molecule has 0 saturated heterocycles. The molecule has 3 heteroatoms. The Labute approximate surface area is 136 Å². The Hall–Kier alpha value is -2.65. The third kappa shape index (κ3) is 3.76. The summed E-state index contributed by atoms with van der Waals surface area (Å²) >= 11 is 0. The van der Waals surface area contributed by atoms with E-state index in [0.29, 0.717) is 6.61 Å². The Bertz CT molecular complexity index is 767. The highest BCUT2D eigenvalue weighted by Gasteiger charge is 2.09. The molecule has 0 amide bonds. The minimum atomic E-state index is -0.00583. The lowest BCUT2D eigenvalue weighted by atomic mass is 10.0. The number of benzene rings is 2. The first-order valence-corrected chi connectivity index (χ1v) is 7.60. The van der Waals surface area contributed by atoms with Crippen molar-refractivity contribution in [2.75, 3.05) is 0 Å². The molecule has 3 nitrogen and oxygen atoms in total. The summed E-state index contributed by atoms with van der Waals surface area (Å²) < 4.78 is 6.01. The highest BCUT2D eigenvalue weighted by atomic mass is 16.5. The predicted octanol–water partition coefficient (Wildman–Crippen LogP) is 4.13. The van der Waals surface area contributed by atoms with Crippen LogP contribution in [0, 0.1) is 6.92 Å². The molecule has 1 aromatic heterocycles. The molecule has 1 heterocycles. The minimum absolute atomic E-state index is 0.00583. The quantitative estimate of drug-likeness (QED) is 0.770. The summed E-state index contributed by atoms with van der Waals surface area (Å²) in [6.07, 6.45) is 1.85. The SMILES string of the molecule is Cc1ccc(-c2ccc(CO)cc2OCc2ccccc2)cn1. The molecule has 0 spiro atoms. The van der Waals surface area contributed by atoms with Gasteiger partial charge in [-0.25, -0.2) is 0 Å². The van der Waals surface area contributed by atoms with Gasteiger partial charge in [0.2, 0.25) is 0 Å². The third-order valence-electron chi connectivity index (χ3n) is 3.69. The van der Waals surface area contributed by atoms with Gasteiger partial charge in [-0.1, -0.05) is 48.5 Å². The second-order valence-electron chi connectivity index (χ2n) is 5.45. The van der Waals surface area contributed by atoms with Crippen molar-refractivity contribution in [2.24, 2.45) is 0 Å². The Kier molecular flexibility index (Phi) is 4.69. The van der Waals surface area contributed by atoms with Gasteiger partial charge in [-0.3, -0.25) is 4.98 Å².